The van der Waals surface area contributed by atoms with Gasteiger partial charge in [0.2, 0.25) is 0 Å². The second-order valence-electron chi connectivity index (χ2n) is 10.6. The van der Waals surface area contributed by atoms with Gasteiger partial charge in [0.15, 0.2) is 0 Å². The maximum absolute atomic E-state index is 15.3. The lowest BCUT2D eigenvalue weighted by Gasteiger charge is -2.36. The minimum atomic E-state index is -0.765. The third-order valence-electron chi connectivity index (χ3n) is 7.61. The van der Waals surface area contributed by atoms with Gasteiger partial charge in [-0.05, 0) is 72.7 Å². The lowest BCUT2D eigenvalue weighted by molar-refractivity contribution is 0.00736. The minimum Gasteiger partial charge on any atom is -0.488 e. The molecule has 0 spiro atoms. The van der Waals surface area contributed by atoms with Crippen molar-refractivity contribution in [3.63, 3.8) is 0 Å². The summed E-state index contributed by atoms with van der Waals surface area (Å²) in [5, 5.41) is 13.4. The Morgan fingerprint density at radius 1 is 1.23 bits per heavy atom. The fraction of sp³-hybridized carbons (Fsp3) is 0.414. The second-order valence-corrected chi connectivity index (χ2v) is 11.2. The number of amides is 1. The normalized spacial score (nSPS) is 24.9. The number of anilines is 1. The van der Waals surface area contributed by atoms with Gasteiger partial charge in [-0.25, -0.2) is 13.8 Å². The highest BCUT2D eigenvalue weighted by Gasteiger charge is 2.34. The van der Waals surface area contributed by atoms with E-state index in [4.69, 9.17) is 15.2 Å². The number of aromatic nitrogens is 2. The third-order valence-corrected chi connectivity index (χ3v) is 8.06. The van der Waals surface area contributed by atoms with E-state index < -0.39 is 23.6 Å². The summed E-state index contributed by atoms with van der Waals surface area (Å²) in [4.78, 5) is 21.6. The molecule has 4 N–H and O–H groups in total. The van der Waals surface area contributed by atoms with Crippen LogP contribution in [-0.2, 0) is 4.74 Å². The summed E-state index contributed by atoms with van der Waals surface area (Å²) in [5.41, 5.74) is 7.04. The van der Waals surface area contributed by atoms with Gasteiger partial charge in [0.05, 0.1) is 24.6 Å². The van der Waals surface area contributed by atoms with Crippen molar-refractivity contribution >= 4 is 26.1 Å². The molecule has 1 saturated carbocycles. The molecule has 2 aromatic heterocycles. The molecule has 0 radical (unpaired) electrons. The van der Waals surface area contributed by atoms with Crippen LogP contribution in [0.25, 0.3) is 11.3 Å². The molecule has 212 valence electrons. The summed E-state index contributed by atoms with van der Waals surface area (Å²) in [6, 6.07) is 6.58. The van der Waals surface area contributed by atoms with Gasteiger partial charge >= 0.3 is 0 Å². The minimum absolute atomic E-state index is 0.00409. The van der Waals surface area contributed by atoms with Gasteiger partial charge in [-0.1, -0.05) is 6.92 Å². The van der Waals surface area contributed by atoms with Gasteiger partial charge in [-0.2, -0.15) is 0 Å². The quantitative estimate of drug-likeness (QED) is 0.384. The van der Waals surface area contributed by atoms with Gasteiger partial charge in [0.25, 0.3) is 5.91 Å². The van der Waals surface area contributed by atoms with E-state index >= 15 is 4.39 Å². The summed E-state index contributed by atoms with van der Waals surface area (Å²) < 4.78 is 41.5. The van der Waals surface area contributed by atoms with E-state index in [1.807, 2.05) is 13.0 Å². The van der Waals surface area contributed by atoms with Crippen LogP contribution < -0.4 is 21.1 Å². The number of ether oxygens (including phenoxy) is 2. The number of hydrogen-bond donors (Lipinski definition) is 3. The van der Waals surface area contributed by atoms with Gasteiger partial charge in [-0.3, -0.25) is 9.78 Å². The molecule has 40 heavy (non-hydrogen) atoms. The van der Waals surface area contributed by atoms with Crippen molar-refractivity contribution in [3.8, 4) is 17.0 Å². The number of nitrogens with zero attached hydrogens (tertiary/aromatic N) is 2. The highest BCUT2D eigenvalue weighted by molar-refractivity contribution is 7.28. The Kier molecular flexibility index (Phi) is 8.71. The number of carbonyl (C=O) groups excluding carboxylic acids is 1. The Labute approximate surface area is 233 Å². The van der Waals surface area contributed by atoms with Crippen LogP contribution in [-0.4, -0.2) is 52.4 Å². The van der Waals surface area contributed by atoms with Crippen LogP contribution in [0.5, 0.6) is 5.75 Å². The molecule has 0 bridgehead atoms. The predicted molar refractivity (Wildman–Crippen MR) is 151 cm³/mol. The number of hydrogen-bond acceptors (Lipinski definition) is 7. The summed E-state index contributed by atoms with van der Waals surface area (Å²) in [7, 11) is 2.39. The van der Waals surface area contributed by atoms with Crippen molar-refractivity contribution in [2.45, 2.75) is 56.8 Å². The van der Waals surface area contributed by atoms with E-state index in [1.165, 1.54) is 18.3 Å². The molecule has 2 fully saturated rings. The van der Waals surface area contributed by atoms with Crippen LogP contribution in [0.15, 0.2) is 42.7 Å². The molecule has 1 aliphatic carbocycles. The molecular formula is C29H33F2N4O4P. The Morgan fingerprint density at radius 3 is 2.77 bits per heavy atom. The van der Waals surface area contributed by atoms with Crippen LogP contribution in [0.2, 0.25) is 0 Å². The van der Waals surface area contributed by atoms with Crippen molar-refractivity contribution in [2.24, 2.45) is 11.7 Å². The zero-order valence-corrected chi connectivity index (χ0v) is 23.3. The Balaban J connectivity index is 1.38. The second kappa shape index (κ2) is 12.2. The van der Waals surface area contributed by atoms with Crippen LogP contribution >= 0.6 is 9.24 Å². The van der Waals surface area contributed by atoms with E-state index in [0.29, 0.717) is 42.8 Å². The fourth-order valence-electron chi connectivity index (χ4n) is 5.54. The maximum atomic E-state index is 15.3. The van der Waals surface area contributed by atoms with Gasteiger partial charge in [-0.15, -0.1) is 9.24 Å². The van der Waals surface area contributed by atoms with E-state index in [0.717, 1.165) is 24.5 Å². The molecule has 3 heterocycles. The van der Waals surface area contributed by atoms with E-state index in [1.54, 1.807) is 12.3 Å². The predicted octanol–water partition coefficient (Wildman–Crippen LogP) is 3.93. The first-order chi connectivity index (χ1) is 19.2. The number of pyridine rings is 2. The summed E-state index contributed by atoms with van der Waals surface area (Å²) in [5.74, 6) is -1.76. The first-order valence-corrected chi connectivity index (χ1v) is 14.0. The van der Waals surface area contributed by atoms with Crippen LogP contribution in [0.4, 0.5) is 14.5 Å². The number of benzene rings is 1. The van der Waals surface area contributed by atoms with E-state index in [2.05, 4.69) is 24.5 Å². The largest absolute Gasteiger partial charge is 0.488 e. The van der Waals surface area contributed by atoms with Gasteiger partial charge in [0, 0.05) is 30.5 Å². The van der Waals surface area contributed by atoms with E-state index in [-0.39, 0.29) is 40.9 Å². The zero-order chi connectivity index (χ0) is 28.4. The Hall–Kier alpha value is -3.04. The van der Waals surface area contributed by atoms with Crippen molar-refractivity contribution < 1.29 is 28.2 Å². The average molecular weight is 571 g/mol. The average Bonchev–Trinajstić information content (AvgIpc) is 2.93. The third kappa shape index (κ3) is 6.15. The molecule has 1 unspecified atom stereocenters. The lowest BCUT2D eigenvalue weighted by atomic mass is 9.74. The number of aliphatic hydroxyl groups is 1. The molecule has 11 heteroatoms. The summed E-state index contributed by atoms with van der Waals surface area (Å²) in [6.07, 6.45) is 5.33. The Morgan fingerprint density at radius 2 is 2.05 bits per heavy atom. The van der Waals surface area contributed by atoms with Crippen LogP contribution in [0.1, 0.15) is 54.6 Å². The van der Waals surface area contributed by atoms with Crippen molar-refractivity contribution in [1.29, 1.82) is 0 Å². The number of halogens is 2. The summed E-state index contributed by atoms with van der Waals surface area (Å²) >= 11 is 0. The fourth-order valence-corrected chi connectivity index (χ4v) is 5.98. The molecule has 3 aromatic rings. The highest BCUT2D eigenvalue weighted by atomic mass is 31.0. The molecule has 8 nitrogen and oxygen atoms in total. The topological polar surface area (TPSA) is 120 Å². The monoisotopic (exact) mass is 570 g/mol. The SMILES string of the molecule is C[C@H]1C[C@@H](c2ccncc2NC(=O)c2ccc(F)c(-c3c(F)cc(O[C@H]4CCCOC4)cc3P)n2)C[C@@H](N)[C@@H]1O. The van der Waals surface area contributed by atoms with Crippen LogP contribution in [0, 0.1) is 17.6 Å². The van der Waals surface area contributed by atoms with E-state index in [9.17, 15) is 14.3 Å². The lowest BCUT2D eigenvalue weighted by Crippen LogP contribution is -2.44. The number of nitrogens with two attached hydrogens (primary N) is 1. The molecule has 1 saturated heterocycles. The molecule has 1 aliphatic heterocycles. The summed E-state index contributed by atoms with van der Waals surface area (Å²) in [6.45, 7) is 3.05. The maximum Gasteiger partial charge on any atom is 0.274 e. The highest BCUT2D eigenvalue weighted by Crippen LogP contribution is 2.38. The number of aliphatic hydroxyl groups excluding tert-OH is 1. The van der Waals surface area contributed by atoms with Crippen molar-refractivity contribution in [1.82, 2.24) is 9.97 Å². The standard InChI is InChI=1S/C29H33F2N4O4P/c1-15-9-16(10-22(32)28(15)36)19-6-7-33-13-24(19)35-29(37)23-5-4-20(30)27(34-23)26-21(31)11-18(12-25(26)40)39-17-3-2-8-38-14-17/h4-7,11-13,15-17,22,28,36H,2-3,8-10,14,32,40H2,1H3,(H,35,37)/t15-,16+,17-,22+,28+/m0/s1. The van der Waals surface area contributed by atoms with Gasteiger partial charge < -0.3 is 25.6 Å². The molecule has 2 aliphatic rings. The number of carbonyl (C=O) groups is 1. The number of rotatable bonds is 6. The van der Waals surface area contributed by atoms with Crippen molar-refractivity contribution in [2.75, 3.05) is 18.5 Å². The molecule has 1 amide bonds. The molecule has 5 rings (SSSR count). The van der Waals surface area contributed by atoms with Crippen molar-refractivity contribution in [3.05, 3.63) is 65.6 Å². The zero-order valence-electron chi connectivity index (χ0n) is 22.1. The molecular weight excluding hydrogens is 537 g/mol. The first kappa shape index (κ1) is 28.5. The molecule has 1 aromatic carbocycles. The Bertz CT molecular complexity index is 1350. The number of nitrogens with one attached hydrogen (secondary N) is 1. The van der Waals surface area contributed by atoms with Crippen LogP contribution in [0.3, 0.4) is 0 Å². The molecule has 6 atom stereocenters. The first-order valence-electron chi connectivity index (χ1n) is 13.4. The smallest absolute Gasteiger partial charge is 0.274 e. The van der Waals surface area contributed by atoms with Gasteiger partial charge in [0.1, 0.15) is 34.9 Å².